The van der Waals surface area contributed by atoms with E-state index in [9.17, 15) is 17.6 Å². The summed E-state index contributed by atoms with van der Waals surface area (Å²) in [6.45, 7) is -0.676. The van der Waals surface area contributed by atoms with Crippen molar-refractivity contribution >= 4 is 0 Å². The number of nitrogens with two attached hydrogens (primary N) is 1. The van der Waals surface area contributed by atoms with Crippen LogP contribution in [0.15, 0.2) is 18.2 Å². The Morgan fingerprint density at radius 2 is 2.00 bits per heavy atom. The zero-order valence-corrected chi connectivity index (χ0v) is 9.38. The molecule has 0 amide bonds. The van der Waals surface area contributed by atoms with Gasteiger partial charge in [0.05, 0.1) is 24.9 Å². The molecule has 1 aromatic rings. The first-order chi connectivity index (χ1) is 8.40. The minimum atomic E-state index is -4.69. The van der Waals surface area contributed by atoms with Crippen LogP contribution in [0.25, 0.3) is 0 Å². The van der Waals surface area contributed by atoms with Crippen molar-refractivity contribution in [3.05, 3.63) is 35.1 Å². The van der Waals surface area contributed by atoms with E-state index in [0.717, 1.165) is 12.1 Å². The molecule has 0 fully saturated rings. The molecule has 0 spiro atoms. The van der Waals surface area contributed by atoms with E-state index >= 15 is 0 Å². The van der Waals surface area contributed by atoms with Crippen molar-refractivity contribution in [2.75, 3.05) is 19.8 Å². The van der Waals surface area contributed by atoms with Crippen LogP contribution in [0.4, 0.5) is 17.6 Å². The lowest BCUT2D eigenvalue weighted by atomic mass is 10.0. The van der Waals surface area contributed by atoms with Crippen LogP contribution >= 0.6 is 0 Å². The number of aliphatic hydroxyl groups excluding tert-OH is 1. The Labute approximate surface area is 101 Å². The third-order valence-electron chi connectivity index (χ3n) is 2.29. The number of alkyl halides is 3. The fraction of sp³-hybridized carbons (Fsp3) is 0.455. The SMILES string of the molecule is NCC(OCCO)c1ccc(F)cc1C(F)(F)F. The molecule has 1 aromatic carbocycles. The van der Waals surface area contributed by atoms with Gasteiger partial charge in [-0.05, 0) is 17.7 Å². The van der Waals surface area contributed by atoms with Crippen molar-refractivity contribution in [3.63, 3.8) is 0 Å². The molecule has 0 radical (unpaired) electrons. The van der Waals surface area contributed by atoms with Crippen molar-refractivity contribution in [3.8, 4) is 0 Å². The van der Waals surface area contributed by atoms with Gasteiger partial charge in [0, 0.05) is 6.54 Å². The summed E-state index contributed by atoms with van der Waals surface area (Å²) in [5.41, 5.74) is 3.98. The first-order valence-corrected chi connectivity index (χ1v) is 5.19. The largest absolute Gasteiger partial charge is 0.416 e. The summed E-state index contributed by atoms with van der Waals surface area (Å²) in [6.07, 6.45) is -5.72. The highest BCUT2D eigenvalue weighted by molar-refractivity contribution is 5.32. The van der Waals surface area contributed by atoms with Gasteiger partial charge in [-0.2, -0.15) is 13.2 Å². The van der Waals surface area contributed by atoms with E-state index in [1.807, 2.05) is 0 Å². The Kier molecular flexibility index (Phi) is 5.06. The molecule has 0 heterocycles. The topological polar surface area (TPSA) is 55.5 Å². The average Bonchev–Trinajstić information content (AvgIpc) is 2.30. The predicted octanol–water partition coefficient (Wildman–Crippen LogP) is 1.85. The average molecular weight is 267 g/mol. The van der Waals surface area contributed by atoms with Crippen LogP contribution in [-0.4, -0.2) is 24.9 Å². The molecule has 3 nitrogen and oxygen atoms in total. The van der Waals surface area contributed by atoms with Crippen LogP contribution in [-0.2, 0) is 10.9 Å². The van der Waals surface area contributed by atoms with Crippen molar-refractivity contribution in [1.82, 2.24) is 0 Å². The van der Waals surface area contributed by atoms with E-state index in [0.29, 0.717) is 6.07 Å². The summed E-state index contributed by atoms with van der Waals surface area (Å²) in [5.74, 6) is -0.982. The number of hydrogen-bond donors (Lipinski definition) is 2. The Morgan fingerprint density at radius 1 is 1.33 bits per heavy atom. The normalized spacial score (nSPS) is 13.7. The maximum Gasteiger partial charge on any atom is 0.416 e. The third kappa shape index (κ3) is 3.66. The zero-order chi connectivity index (χ0) is 13.8. The summed E-state index contributed by atoms with van der Waals surface area (Å²) < 4.78 is 56.1. The van der Waals surface area contributed by atoms with Gasteiger partial charge in [-0.25, -0.2) is 4.39 Å². The Balaban J connectivity index is 3.13. The second-order valence-corrected chi connectivity index (χ2v) is 3.55. The molecule has 0 saturated carbocycles. The molecular formula is C11H13F4NO2. The van der Waals surface area contributed by atoms with Crippen molar-refractivity contribution < 1.29 is 27.4 Å². The van der Waals surface area contributed by atoms with Gasteiger partial charge in [0.15, 0.2) is 0 Å². The van der Waals surface area contributed by atoms with E-state index in [4.69, 9.17) is 15.6 Å². The molecule has 1 atom stereocenters. The first-order valence-electron chi connectivity index (χ1n) is 5.19. The lowest BCUT2D eigenvalue weighted by molar-refractivity contribution is -0.139. The van der Waals surface area contributed by atoms with Crippen LogP contribution in [0, 0.1) is 5.82 Å². The lowest BCUT2D eigenvalue weighted by Gasteiger charge is -2.20. The van der Waals surface area contributed by atoms with Crippen LogP contribution < -0.4 is 5.73 Å². The molecule has 0 aromatic heterocycles. The van der Waals surface area contributed by atoms with Gasteiger partial charge >= 0.3 is 6.18 Å². The van der Waals surface area contributed by atoms with Gasteiger partial charge in [0.2, 0.25) is 0 Å². The molecule has 102 valence electrons. The second-order valence-electron chi connectivity index (χ2n) is 3.55. The number of halogens is 4. The van der Waals surface area contributed by atoms with Crippen molar-refractivity contribution in [2.45, 2.75) is 12.3 Å². The molecule has 0 bridgehead atoms. The standard InChI is InChI=1S/C11H13F4NO2/c12-7-1-2-8(9(5-7)11(13,14)15)10(6-16)18-4-3-17/h1-2,5,10,17H,3-4,6,16H2. The summed E-state index contributed by atoms with van der Waals surface area (Å²) in [6, 6.07) is 2.31. The molecule has 1 rings (SSSR count). The summed E-state index contributed by atoms with van der Waals surface area (Å²) in [7, 11) is 0. The highest BCUT2D eigenvalue weighted by Crippen LogP contribution is 2.35. The van der Waals surface area contributed by atoms with Crippen LogP contribution in [0.3, 0.4) is 0 Å². The number of hydrogen-bond acceptors (Lipinski definition) is 3. The molecule has 0 aliphatic heterocycles. The molecule has 3 N–H and O–H groups in total. The second kappa shape index (κ2) is 6.12. The molecule has 7 heteroatoms. The monoisotopic (exact) mass is 267 g/mol. The van der Waals surface area contributed by atoms with E-state index < -0.39 is 23.7 Å². The maximum atomic E-state index is 12.9. The lowest BCUT2D eigenvalue weighted by Crippen LogP contribution is -2.21. The minimum Gasteiger partial charge on any atom is -0.394 e. The van der Waals surface area contributed by atoms with Gasteiger partial charge in [-0.1, -0.05) is 6.07 Å². The highest BCUT2D eigenvalue weighted by atomic mass is 19.4. The summed E-state index contributed by atoms with van der Waals surface area (Å²) >= 11 is 0. The third-order valence-corrected chi connectivity index (χ3v) is 2.29. The van der Waals surface area contributed by atoms with E-state index in [1.165, 1.54) is 0 Å². The molecule has 0 aliphatic rings. The fourth-order valence-electron chi connectivity index (χ4n) is 1.53. The predicted molar refractivity (Wildman–Crippen MR) is 56.2 cm³/mol. The maximum absolute atomic E-state index is 12.9. The number of rotatable bonds is 5. The quantitative estimate of drug-likeness (QED) is 0.800. The van der Waals surface area contributed by atoms with E-state index in [2.05, 4.69) is 0 Å². The molecular weight excluding hydrogens is 254 g/mol. The minimum absolute atomic E-state index is 0.142. The van der Waals surface area contributed by atoms with Gasteiger partial charge in [0.25, 0.3) is 0 Å². The first kappa shape index (κ1) is 14.9. The van der Waals surface area contributed by atoms with Gasteiger partial charge in [-0.3, -0.25) is 0 Å². The van der Waals surface area contributed by atoms with Crippen LogP contribution in [0.1, 0.15) is 17.2 Å². The molecule has 0 aliphatic carbocycles. The van der Waals surface area contributed by atoms with E-state index in [-0.39, 0.29) is 25.3 Å². The molecule has 1 unspecified atom stereocenters. The smallest absolute Gasteiger partial charge is 0.394 e. The van der Waals surface area contributed by atoms with E-state index in [1.54, 1.807) is 0 Å². The summed E-state index contributed by atoms with van der Waals surface area (Å²) in [5, 5.41) is 8.58. The van der Waals surface area contributed by atoms with Crippen LogP contribution in [0.2, 0.25) is 0 Å². The number of benzene rings is 1. The zero-order valence-electron chi connectivity index (χ0n) is 9.38. The summed E-state index contributed by atoms with van der Waals surface area (Å²) in [4.78, 5) is 0. The molecule has 0 saturated heterocycles. The Bertz CT molecular complexity index is 395. The van der Waals surface area contributed by atoms with Crippen molar-refractivity contribution in [2.24, 2.45) is 5.73 Å². The number of ether oxygens (including phenoxy) is 1. The van der Waals surface area contributed by atoms with Crippen LogP contribution in [0.5, 0.6) is 0 Å². The Morgan fingerprint density at radius 3 is 2.50 bits per heavy atom. The molecule has 18 heavy (non-hydrogen) atoms. The van der Waals surface area contributed by atoms with Gasteiger partial charge < -0.3 is 15.6 Å². The fourth-order valence-corrected chi connectivity index (χ4v) is 1.53. The van der Waals surface area contributed by atoms with Crippen molar-refractivity contribution in [1.29, 1.82) is 0 Å². The highest BCUT2D eigenvalue weighted by Gasteiger charge is 2.35. The van der Waals surface area contributed by atoms with Gasteiger partial charge in [0.1, 0.15) is 5.82 Å². The number of aliphatic hydroxyl groups is 1. The van der Waals surface area contributed by atoms with Gasteiger partial charge in [-0.15, -0.1) is 0 Å². The Hall–Kier alpha value is -1.18.